The Kier molecular flexibility index (Phi) is 63.1. The predicted molar refractivity (Wildman–Crippen MR) is 121 cm³/mol. The molecule has 2 rings (SSSR count). The van der Waals surface area contributed by atoms with Crippen molar-refractivity contribution in [2.75, 3.05) is 0 Å². The molecule has 3 atom stereocenters. The van der Waals surface area contributed by atoms with Crippen molar-refractivity contribution in [3.63, 3.8) is 0 Å². The molecule has 16 nitrogen and oxygen atoms in total. The Morgan fingerprint density at radius 1 is 1.12 bits per heavy atom. The molecule has 188 valence electrons. The summed E-state index contributed by atoms with van der Waals surface area (Å²) in [6.45, 7) is 5.38. The number of hydrogen-bond donors (Lipinski definition) is 5. The Balaban J connectivity index is -0.0000000607. The summed E-state index contributed by atoms with van der Waals surface area (Å²) in [4.78, 5) is 41.2. The van der Waals surface area contributed by atoms with Gasteiger partial charge in [-0.1, -0.05) is 13.8 Å². The topological polar surface area (TPSA) is 247 Å². The minimum atomic E-state index is -2.31. The van der Waals surface area contributed by atoms with Crippen LogP contribution in [0, 0.1) is 0 Å². The molecule has 0 aromatic heterocycles. The molecule has 3 unspecified atom stereocenters. The van der Waals surface area contributed by atoms with Crippen LogP contribution in [0.15, 0.2) is 0 Å². The molecular weight excluding hydrogens is 840 g/mol. The minimum Gasteiger partial charge on any atom is -0.428 e. The largest absolute Gasteiger partial charge is 0.556 e. The third-order valence-electron chi connectivity index (χ3n) is 1.78. The van der Waals surface area contributed by atoms with Gasteiger partial charge in [0.2, 0.25) is 0 Å². The summed E-state index contributed by atoms with van der Waals surface area (Å²) in [5.74, 6) is 0. The number of rotatable bonds is 4. The van der Waals surface area contributed by atoms with Gasteiger partial charge in [-0.3, -0.25) is 0 Å². The van der Waals surface area contributed by atoms with Gasteiger partial charge in [0.05, 0.1) is 0 Å². The second kappa shape index (κ2) is 38.0. The van der Waals surface area contributed by atoms with Gasteiger partial charge in [0, 0.05) is 98.1 Å². The van der Waals surface area contributed by atoms with Crippen molar-refractivity contribution in [2.45, 2.75) is 20.4 Å². The average molecular weight is 871 g/mol. The zero-order valence-corrected chi connectivity index (χ0v) is 40.1. The van der Waals surface area contributed by atoms with Crippen LogP contribution in [0.25, 0.3) is 0 Å². The first-order valence-electron chi connectivity index (χ1n) is 7.33. The summed E-state index contributed by atoms with van der Waals surface area (Å²) in [5.41, 5.74) is 0. The van der Waals surface area contributed by atoms with Crippen molar-refractivity contribution >= 4 is 97.9 Å². The van der Waals surface area contributed by atoms with Crippen LogP contribution in [0.5, 0.6) is 0 Å². The van der Waals surface area contributed by atoms with Crippen molar-refractivity contribution in [1.82, 2.24) is 0 Å². The second-order valence-corrected chi connectivity index (χ2v) is 19.4. The first-order valence-corrected chi connectivity index (χ1v) is 20.0. The summed E-state index contributed by atoms with van der Waals surface area (Å²) in [6.07, 6.45) is 0. The van der Waals surface area contributed by atoms with Crippen LogP contribution in [-0.4, -0.2) is 133 Å². The van der Waals surface area contributed by atoms with Gasteiger partial charge in [0.15, 0.2) is 0 Å². The fourth-order valence-corrected chi connectivity index (χ4v) is 16.3. The maximum absolute atomic E-state index is 9.22. The average Bonchev–Trinajstić information content (AvgIpc) is 2.62. The van der Waals surface area contributed by atoms with Crippen molar-refractivity contribution in [3.05, 3.63) is 0 Å². The predicted octanol–water partition coefficient (Wildman–Crippen LogP) is -10.7. The van der Waals surface area contributed by atoms with Gasteiger partial charge in [-0.2, -0.15) is 0 Å². The van der Waals surface area contributed by atoms with E-state index in [2.05, 4.69) is 8.23 Å². The second-order valence-electron chi connectivity index (χ2n) is 3.62. The molecule has 0 aromatic rings. The summed E-state index contributed by atoms with van der Waals surface area (Å²) in [5, 5.41) is 0. The van der Waals surface area contributed by atoms with Crippen LogP contribution >= 0.6 is 0 Å². The van der Waals surface area contributed by atoms with E-state index in [0.29, 0.717) is 21.0 Å². The summed E-state index contributed by atoms with van der Waals surface area (Å²) >= 11 is 0. The van der Waals surface area contributed by atoms with Crippen LogP contribution in [0.4, 0.5) is 0 Å². The standard InChI is InChI=1S/C2H6.CH5O2Si.H8O8Si6.H8O4Si3.2H2O.3Y/c1-2;1-4(2)3;1-11-3-10-4-13-6-12(2-9)7-14(5-11)8-13;1-6-4-7(2)3-5;;;;;/h1-2H3;2-3H,1H3;1,12-13H,10H2,9H3;1-2,7H,6H2,5H3;2*1H2;;;. The Bertz CT molecular complexity index is 326. The van der Waals surface area contributed by atoms with E-state index < -0.39 is 76.9 Å². The first kappa shape index (κ1) is 53.1. The molecule has 0 aliphatic carbocycles. The summed E-state index contributed by atoms with van der Waals surface area (Å²) in [7, 11) is -14.3. The molecule has 0 amide bonds. The molecule has 0 saturated carbocycles. The smallest absolute Gasteiger partial charge is 0.428 e. The van der Waals surface area contributed by atoms with Gasteiger partial charge in [-0.15, -0.1) is 0 Å². The normalized spacial score (nSPS) is 21.7. The molecular formula is C3H31O16Si10Y3. The van der Waals surface area contributed by atoms with Crippen LogP contribution in [-0.2, 0) is 135 Å². The van der Waals surface area contributed by atoms with Gasteiger partial charge >= 0.3 is 56.9 Å². The van der Waals surface area contributed by atoms with Gasteiger partial charge in [0.25, 0.3) is 20.0 Å². The third-order valence-corrected chi connectivity index (χ3v) is 16.0. The fourth-order valence-electron chi connectivity index (χ4n) is 0.929. The van der Waals surface area contributed by atoms with E-state index in [1.807, 2.05) is 13.8 Å². The van der Waals surface area contributed by atoms with Crippen LogP contribution in [0.1, 0.15) is 13.8 Å². The first-order chi connectivity index (χ1) is 12.8. The Morgan fingerprint density at radius 2 is 1.62 bits per heavy atom. The summed E-state index contributed by atoms with van der Waals surface area (Å²) in [6, 6.07) is 0. The van der Waals surface area contributed by atoms with Gasteiger partial charge in [-0.25, -0.2) is 0 Å². The third kappa shape index (κ3) is 34.8. The van der Waals surface area contributed by atoms with E-state index in [1.165, 1.54) is 6.55 Å². The fraction of sp³-hybridized carbons (Fsp3) is 1.00. The summed E-state index contributed by atoms with van der Waals surface area (Å²) < 4.78 is 45.1. The van der Waals surface area contributed by atoms with Crippen molar-refractivity contribution in [2.24, 2.45) is 0 Å². The molecule has 2 bridgehead atoms. The number of hydrogen-bond acceptors (Lipinski definition) is 14. The van der Waals surface area contributed by atoms with Crippen LogP contribution in [0.3, 0.4) is 0 Å². The van der Waals surface area contributed by atoms with Crippen molar-refractivity contribution < 1.29 is 170 Å². The molecule has 2 aliphatic rings. The SMILES string of the molecule is CC.C[Si](O)O.O.O.O[SiH2]O[SiH](O)O[SiH3].O[Si]1O[SiH2]O[SiH]2O[Si](O1)O[SiH](O[SiH3])O2.[Y].[Y].[Y]. The monoisotopic (exact) mass is 870 g/mol. The molecule has 2 aliphatic heterocycles. The molecule has 0 spiro atoms. The van der Waals surface area contributed by atoms with Gasteiger partial charge in [-0.05, 0) is 6.55 Å². The quantitative estimate of drug-likeness (QED) is 0.165. The zero-order chi connectivity index (χ0) is 21.2. The molecule has 2 fully saturated rings. The van der Waals surface area contributed by atoms with Crippen molar-refractivity contribution in [1.29, 1.82) is 0 Å². The van der Waals surface area contributed by atoms with Crippen molar-refractivity contribution in [3.8, 4) is 0 Å². The van der Waals surface area contributed by atoms with E-state index in [4.69, 9.17) is 48.0 Å². The molecule has 2 saturated heterocycles. The molecule has 9 N–H and O–H groups in total. The molecule has 32 heavy (non-hydrogen) atoms. The van der Waals surface area contributed by atoms with Crippen LogP contribution in [0.2, 0.25) is 6.55 Å². The maximum atomic E-state index is 9.22. The van der Waals surface area contributed by atoms with E-state index in [1.54, 1.807) is 0 Å². The Labute approximate surface area is 284 Å². The number of fused-ring (bicyclic) bond motifs is 2. The Hall–Kier alpha value is 4.84. The van der Waals surface area contributed by atoms with E-state index in [9.17, 15) is 4.80 Å². The molecule has 0 aromatic carbocycles. The van der Waals surface area contributed by atoms with Crippen LogP contribution < -0.4 is 0 Å². The van der Waals surface area contributed by atoms with E-state index >= 15 is 0 Å². The minimum absolute atomic E-state index is 0. The maximum Gasteiger partial charge on any atom is 0.556 e. The molecule has 6 radical (unpaired) electrons. The Morgan fingerprint density at radius 3 is 2.00 bits per heavy atom. The van der Waals surface area contributed by atoms with E-state index in [-0.39, 0.29) is 109 Å². The molecule has 2 heterocycles. The van der Waals surface area contributed by atoms with Gasteiger partial charge in [0.1, 0.15) is 21.0 Å². The van der Waals surface area contributed by atoms with Gasteiger partial charge < -0.3 is 72.0 Å². The van der Waals surface area contributed by atoms with E-state index in [0.717, 1.165) is 0 Å². The zero-order valence-electron chi connectivity index (χ0n) is 18.3. The molecule has 29 heteroatoms.